The molecule has 31 heavy (non-hydrogen) atoms. The van der Waals surface area contributed by atoms with Crippen LogP contribution in [0, 0.1) is 0 Å². The first-order chi connectivity index (χ1) is 15.0. The summed E-state index contributed by atoms with van der Waals surface area (Å²) < 4.78 is 0. The van der Waals surface area contributed by atoms with Gasteiger partial charge in [0.2, 0.25) is 0 Å². The van der Waals surface area contributed by atoms with Gasteiger partial charge in [-0.05, 0) is 63.4 Å². The monoisotopic (exact) mass is 455 g/mol. The van der Waals surface area contributed by atoms with Crippen molar-refractivity contribution < 1.29 is 4.79 Å². The van der Waals surface area contributed by atoms with Crippen molar-refractivity contribution in [1.29, 1.82) is 0 Å². The standard InChI is InChI=1S/C25H30ClN3OS/c1-17-7-5-8-18(2)29(17)16-6-15-27-25(30)23-24(21-9-3-4-10-22(21)28-23)31-20-13-11-19(26)12-14-20/h3-4,9-14,17-18,28H,5-8,15-16H2,1-2H3,(H,27,30). The Bertz CT molecular complexity index is 1020. The summed E-state index contributed by atoms with van der Waals surface area (Å²) in [5.74, 6) is -0.0487. The molecule has 0 bridgehead atoms. The smallest absolute Gasteiger partial charge is 0.268 e. The van der Waals surface area contributed by atoms with Gasteiger partial charge in [0.25, 0.3) is 5.91 Å². The van der Waals surface area contributed by atoms with Gasteiger partial charge >= 0.3 is 0 Å². The fourth-order valence-corrected chi connectivity index (χ4v) is 5.64. The van der Waals surface area contributed by atoms with Gasteiger partial charge in [0.05, 0.1) is 4.90 Å². The highest BCUT2D eigenvalue weighted by atomic mass is 35.5. The number of carbonyl (C=O) groups excluding carboxylic acids is 1. The molecule has 2 N–H and O–H groups in total. The number of H-pyrrole nitrogens is 1. The van der Waals surface area contributed by atoms with Crippen LogP contribution in [0.5, 0.6) is 0 Å². The van der Waals surface area contributed by atoms with Gasteiger partial charge in [0.1, 0.15) is 5.69 Å². The molecule has 164 valence electrons. The number of halogens is 1. The van der Waals surface area contributed by atoms with E-state index < -0.39 is 0 Å². The zero-order chi connectivity index (χ0) is 21.8. The normalized spacial score (nSPS) is 19.6. The summed E-state index contributed by atoms with van der Waals surface area (Å²) in [6.45, 7) is 6.34. The summed E-state index contributed by atoms with van der Waals surface area (Å²) in [5, 5.41) is 4.90. The van der Waals surface area contributed by atoms with Gasteiger partial charge in [0.15, 0.2) is 0 Å². The van der Waals surface area contributed by atoms with Crippen LogP contribution in [0.2, 0.25) is 5.02 Å². The molecule has 1 aromatic heterocycles. The summed E-state index contributed by atoms with van der Waals surface area (Å²) in [7, 11) is 0. The van der Waals surface area contributed by atoms with Crippen LogP contribution in [-0.4, -0.2) is 41.0 Å². The molecule has 1 amide bonds. The number of benzene rings is 2. The molecule has 0 saturated carbocycles. The van der Waals surface area contributed by atoms with E-state index >= 15 is 0 Å². The largest absolute Gasteiger partial charge is 0.351 e. The number of nitrogens with zero attached hydrogens (tertiary/aromatic N) is 1. The van der Waals surface area contributed by atoms with Crippen molar-refractivity contribution in [3.8, 4) is 0 Å². The maximum atomic E-state index is 13.1. The third-order valence-corrected chi connectivity index (χ3v) is 7.56. The van der Waals surface area contributed by atoms with Crippen molar-refractivity contribution in [2.45, 2.75) is 61.4 Å². The third kappa shape index (κ3) is 5.28. The summed E-state index contributed by atoms with van der Waals surface area (Å²) in [6, 6.07) is 17.0. The van der Waals surface area contributed by atoms with Gasteiger partial charge in [-0.3, -0.25) is 9.69 Å². The lowest BCUT2D eigenvalue weighted by Gasteiger charge is -2.39. The van der Waals surface area contributed by atoms with Gasteiger partial charge in [0, 0.05) is 46.0 Å². The van der Waals surface area contributed by atoms with Crippen LogP contribution in [0.4, 0.5) is 0 Å². The Balaban J connectivity index is 1.44. The molecule has 1 fully saturated rings. The van der Waals surface area contributed by atoms with Crippen molar-refractivity contribution in [3.05, 3.63) is 59.2 Å². The van der Waals surface area contributed by atoms with Crippen LogP contribution >= 0.6 is 23.4 Å². The molecule has 0 spiro atoms. The van der Waals surface area contributed by atoms with Gasteiger partial charge in [-0.25, -0.2) is 0 Å². The Kier molecular flexibility index (Phi) is 7.26. The van der Waals surface area contributed by atoms with Crippen molar-refractivity contribution in [3.63, 3.8) is 0 Å². The molecule has 1 aliphatic rings. The molecule has 2 aromatic carbocycles. The number of rotatable bonds is 7. The molecule has 2 unspecified atom stereocenters. The Hall–Kier alpha value is -1.95. The summed E-state index contributed by atoms with van der Waals surface area (Å²) >= 11 is 7.62. The number of amides is 1. The lowest BCUT2D eigenvalue weighted by atomic mass is 9.97. The van der Waals surface area contributed by atoms with E-state index in [0.717, 1.165) is 33.7 Å². The second-order valence-electron chi connectivity index (χ2n) is 8.41. The van der Waals surface area contributed by atoms with Gasteiger partial charge < -0.3 is 10.3 Å². The minimum Gasteiger partial charge on any atom is -0.351 e. The van der Waals surface area contributed by atoms with Crippen LogP contribution < -0.4 is 5.32 Å². The molecular formula is C25H30ClN3OS. The Morgan fingerprint density at radius 3 is 2.58 bits per heavy atom. The highest BCUT2D eigenvalue weighted by Crippen LogP contribution is 2.37. The first kappa shape index (κ1) is 22.3. The summed E-state index contributed by atoms with van der Waals surface area (Å²) in [4.78, 5) is 21.0. The van der Waals surface area contributed by atoms with E-state index in [1.54, 1.807) is 11.8 Å². The van der Waals surface area contributed by atoms with E-state index in [1.165, 1.54) is 19.3 Å². The number of likely N-dealkylation sites (tertiary alicyclic amines) is 1. The van der Waals surface area contributed by atoms with E-state index in [9.17, 15) is 4.79 Å². The number of hydrogen-bond donors (Lipinski definition) is 2. The molecule has 0 radical (unpaired) electrons. The molecule has 3 aromatic rings. The summed E-state index contributed by atoms with van der Waals surface area (Å²) in [6.07, 6.45) is 4.83. The lowest BCUT2D eigenvalue weighted by Crippen LogP contribution is -2.44. The fraction of sp³-hybridized carbons (Fsp3) is 0.400. The molecule has 4 rings (SSSR count). The number of aromatic nitrogens is 1. The molecule has 1 saturated heterocycles. The maximum absolute atomic E-state index is 13.1. The minimum absolute atomic E-state index is 0.0487. The van der Waals surface area contributed by atoms with E-state index in [-0.39, 0.29) is 5.91 Å². The average Bonchev–Trinajstić information content (AvgIpc) is 3.13. The molecular weight excluding hydrogens is 426 g/mol. The predicted octanol–water partition coefficient (Wildman–Crippen LogP) is 6.36. The lowest BCUT2D eigenvalue weighted by molar-refractivity contribution is 0.0919. The Labute approximate surface area is 193 Å². The summed E-state index contributed by atoms with van der Waals surface area (Å²) in [5.41, 5.74) is 1.60. The molecule has 6 heteroatoms. The van der Waals surface area contributed by atoms with Crippen molar-refractivity contribution in [2.75, 3.05) is 13.1 Å². The van der Waals surface area contributed by atoms with Crippen LogP contribution in [0.25, 0.3) is 10.9 Å². The van der Waals surface area contributed by atoms with Crippen LogP contribution in [0.15, 0.2) is 58.3 Å². The van der Waals surface area contributed by atoms with Gasteiger partial charge in [-0.15, -0.1) is 0 Å². The third-order valence-electron chi connectivity index (χ3n) is 6.17. The first-order valence-corrected chi connectivity index (χ1v) is 12.3. The first-order valence-electron chi connectivity index (χ1n) is 11.1. The zero-order valence-corrected chi connectivity index (χ0v) is 19.7. The molecule has 4 nitrogen and oxygen atoms in total. The Morgan fingerprint density at radius 1 is 1.13 bits per heavy atom. The molecule has 2 atom stereocenters. The number of para-hydroxylation sites is 1. The average molecular weight is 456 g/mol. The second kappa shape index (κ2) is 10.1. The van der Waals surface area contributed by atoms with Gasteiger partial charge in [-0.1, -0.05) is 48.0 Å². The van der Waals surface area contributed by atoms with E-state index in [2.05, 4.69) is 35.1 Å². The number of piperidine rings is 1. The molecule has 2 heterocycles. The molecule has 1 aliphatic heterocycles. The van der Waals surface area contributed by atoms with Crippen molar-refractivity contribution in [1.82, 2.24) is 15.2 Å². The zero-order valence-electron chi connectivity index (χ0n) is 18.2. The van der Waals surface area contributed by atoms with E-state index in [0.29, 0.717) is 29.3 Å². The Morgan fingerprint density at radius 2 is 1.84 bits per heavy atom. The maximum Gasteiger partial charge on any atom is 0.268 e. The van der Waals surface area contributed by atoms with Crippen LogP contribution in [0.3, 0.4) is 0 Å². The SMILES string of the molecule is CC1CCCC(C)N1CCCNC(=O)c1[nH]c2ccccc2c1Sc1ccc(Cl)cc1. The number of hydrogen-bond acceptors (Lipinski definition) is 3. The van der Waals surface area contributed by atoms with Crippen LogP contribution in [0.1, 0.15) is 50.0 Å². The number of carbonyl (C=O) groups is 1. The number of nitrogens with one attached hydrogen (secondary N) is 2. The predicted molar refractivity (Wildman–Crippen MR) is 130 cm³/mol. The quantitative estimate of drug-likeness (QED) is 0.408. The topological polar surface area (TPSA) is 48.1 Å². The van der Waals surface area contributed by atoms with E-state index in [1.807, 2.05) is 42.5 Å². The highest BCUT2D eigenvalue weighted by Gasteiger charge is 2.24. The number of fused-ring (bicyclic) bond motifs is 1. The second-order valence-corrected chi connectivity index (χ2v) is 9.93. The number of aromatic amines is 1. The van der Waals surface area contributed by atoms with Crippen LogP contribution in [-0.2, 0) is 0 Å². The molecule has 0 aliphatic carbocycles. The van der Waals surface area contributed by atoms with E-state index in [4.69, 9.17) is 11.6 Å². The fourth-order valence-electron chi connectivity index (χ4n) is 4.47. The minimum atomic E-state index is -0.0487. The van der Waals surface area contributed by atoms with Crippen molar-refractivity contribution in [2.24, 2.45) is 0 Å². The van der Waals surface area contributed by atoms with Gasteiger partial charge in [-0.2, -0.15) is 0 Å². The highest BCUT2D eigenvalue weighted by molar-refractivity contribution is 7.99. The van der Waals surface area contributed by atoms with Crippen molar-refractivity contribution >= 4 is 40.2 Å².